The number of fused-ring (bicyclic) bond motifs is 2. The van der Waals surface area contributed by atoms with E-state index in [9.17, 15) is 8.42 Å². The highest BCUT2D eigenvalue weighted by atomic mass is 32.2. The fourth-order valence-electron chi connectivity index (χ4n) is 3.56. The minimum atomic E-state index is -3.32. The predicted molar refractivity (Wildman–Crippen MR) is 107 cm³/mol. The van der Waals surface area contributed by atoms with E-state index >= 15 is 0 Å². The molecule has 0 saturated heterocycles. The van der Waals surface area contributed by atoms with E-state index in [0.29, 0.717) is 5.69 Å². The first-order chi connectivity index (χ1) is 12.8. The molecule has 1 aliphatic heterocycles. The smallest absolute Gasteiger partial charge is 0.229 e. The highest BCUT2D eigenvalue weighted by molar-refractivity contribution is 7.92. The minimum Gasteiger partial charge on any atom is -0.311 e. The van der Waals surface area contributed by atoms with Gasteiger partial charge in [-0.25, -0.2) is 13.4 Å². The molecule has 0 amide bonds. The van der Waals surface area contributed by atoms with Crippen LogP contribution in [0, 0.1) is 13.8 Å². The summed E-state index contributed by atoms with van der Waals surface area (Å²) in [6.45, 7) is 6.70. The normalized spacial score (nSPS) is 14.8. The summed E-state index contributed by atoms with van der Waals surface area (Å²) in [5, 5.41) is 9.09. The van der Waals surface area contributed by atoms with Gasteiger partial charge in [-0.05, 0) is 62.2 Å². The predicted octanol–water partition coefficient (Wildman–Crippen LogP) is 2.58. The Kier molecular flexibility index (Phi) is 4.39. The van der Waals surface area contributed by atoms with Crippen molar-refractivity contribution in [3.05, 3.63) is 41.1 Å². The van der Waals surface area contributed by atoms with E-state index in [4.69, 9.17) is 10.1 Å². The van der Waals surface area contributed by atoms with Crippen molar-refractivity contribution in [2.45, 2.75) is 33.4 Å². The Hall–Kier alpha value is -2.45. The van der Waals surface area contributed by atoms with Gasteiger partial charge in [0.05, 0.1) is 23.2 Å². The number of nitrogens with one attached hydrogen (secondary N) is 2. The van der Waals surface area contributed by atoms with Crippen LogP contribution in [0.2, 0.25) is 0 Å². The summed E-state index contributed by atoms with van der Waals surface area (Å²) >= 11 is 0. The van der Waals surface area contributed by atoms with Crippen LogP contribution in [0.15, 0.2) is 24.3 Å². The van der Waals surface area contributed by atoms with Gasteiger partial charge in [-0.15, -0.1) is 0 Å². The highest BCUT2D eigenvalue weighted by Gasteiger charge is 2.15. The average Bonchev–Trinajstić information content (AvgIpc) is 2.85. The minimum absolute atomic E-state index is 0.555. The Morgan fingerprint density at radius 3 is 2.70 bits per heavy atom. The van der Waals surface area contributed by atoms with E-state index in [2.05, 4.69) is 20.8 Å². The zero-order valence-electron chi connectivity index (χ0n) is 15.7. The molecular formula is C19H23N5O2S. The molecule has 0 spiro atoms. The summed E-state index contributed by atoms with van der Waals surface area (Å²) in [4.78, 5) is 4.84. The molecule has 4 rings (SSSR count). The Morgan fingerprint density at radius 1 is 1.11 bits per heavy atom. The molecule has 142 valence electrons. The van der Waals surface area contributed by atoms with Crippen LogP contribution < -0.4 is 10.0 Å². The molecule has 0 atom stereocenters. The maximum Gasteiger partial charge on any atom is 0.229 e. The summed E-state index contributed by atoms with van der Waals surface area (Å²) < 4.78 is 27.7. The number of sulfonamides is 1. The second-order valence-electron chi connectivity index (χ2n) is 7.16. The van der Waals surface area contributed by atoms with E-state index in [1.54, 1.807) is 0 Å². The summed E-state index contributed by atoms with van der Waals surface area (Å²) in [7, 11) is -3.32. The van der Waals surface area contributed by atoms with Crippen LogP contribution in [0.3, 0.4) is 0 Å². The fraction of sp³-hybridized carbons (Fsp3) is 0.368. The van der Waals surface area contributed by atoms with Gasteiger partial charge in [0.25, 0.3) is 0 Å². The lowest BCUT2D eigenvalue weighted by molar-refractivity contribution is 0.589. The summed E-state index contributed by atoms with van der Waals surface area (Å²) in [5.41, 5.74) is 6.27. The van der Waals surface area contributed by atoms with E-state index in [-0.39, 0.29) is 0 Å². The van der Waals surface area contributed by atoms with Gasteiger partial charge >= 0.3 is 0 Å². The molecule has 0 saturated carbocycles. The second kappa shape index (κ2) is 6.61. The molecule has 0 unspecified atom stereocenters. The van der Waals surface area contributed by atoms with E-state index < -0.39 is 10.0 Å². The standard InChI is InChI=1S/C19H23N5O2S/c1-12-8-17(18-10-15-11-20-5-4-6-24(15)22-18)21-19-13(2)7-14(9-16(12)19)23-27(3,25)26/h7-10,20,23H,4-6,11H2,1-3H3. The van der Waals surface area contributed by atoms with Gasteiger partial charge in [0.1, 0.15) is 5.69 Å². The molecule has 3 aromatic rings. The number of hydrogen-bond donors (Lipinski definition) is 2. The first kappa shape index (κ1) is 17.9. The van der Waals surface area contributed by atoms with Crippen LogP contribution in [0.25, 0.3) is 22.3 Å². The first-order valence-electron chi connectivity index (χ1n) is 8.98. The largest absolute Gasteiger partial charge is 0.311 e. The lowest BCUT2D eigenvalue weighted by atomic mass is 10.0. The van der Waals surface area contributed by atoms with Gasteiger partial charge in [-0.3, -0.25) is 9.40 Å². The Bertz CT molecular complexity index is 1110. The van der Waals surface area contributed by atoms with Crippen LogP contribution in [-0.4, -0.2) is 36.0 Å². The zero-order chi connectivity index (χ0) is 19.2. The SMILES string of the molecule is Cc1cc(-c2cc3n(n2)CCCNC3)nc2c(C)cc(NS(C)(=O)=O)cc12. The third-order valence-electron chi connectivity index (χ3n) is 4.77. The van der Waals surface area contributed by atoms with Crippen molar-refractivity contribution < 1.29 is 8.42 Å². The molecule has 0 radical (unpaired) electrons. The van der Waals surface area contributed by atoms with Crippen molar-refractivity contribution in [2.75, 3.05) is 17.5 Å². The molecule has 3 heterocycles. The van der Waals surface area contributed by atoms with Gasteiger partial charge in [0.15, 0.2) is 0 Å². The summed E-state index contributed by atoms with van der Waals surface area (Å²) in [6.07, 6.45) is 2.21. The van der Waals surface area contributed by atoms with Crippen LogP contribution in [-0.2, 0) is 23.1 Å². The lowest BCUT2D eigenvalue weighted by Crippen LogP contribution is -2.11. The van der Waals surface area contributed by atoms with Crippen LogP contribution >= 0.6 is 0 Å². The Labute approximate surface area is 158 Å². The Balaban J connectivity index is 1.80. The summed E-state index contributed by atoms with van der Waals surface area (Å²) in [5.74, 6) is 0. The third kappa shape index (κ3) is 3.68. The highest BCUT2D eigenvalue weighted by Crippen LogP contribution is 2.29. The number of anilines is 1. The van der Waals surface area contributed by atoms with E-state index in [1.807, 2.05) is 32.0 Å². The maximum atomic E-state index is 11.6. The molecule has 0 bridgehead atoms. The molecular weight excluding hydrogens is 362 g/mol. The van der Waals surface area contributed by atoms with Crippen molar-refractivity contribution in [1.82, 2.24) is 20.1 Å². The molecule has 2 aromatic heterocycles. The zero-order valence-corrected chi connectivity index (χ0v) is 16.5. The number of nitrogens with zero attached hydrogens (tertiary/aromatic N) is 3. The number of hydrogen-bond acceptors (Lipinski definition) is 5. The molecule has 1 aliphatic rings. The molecule has 0 fully saturated rings. The molecule has 1 aromatic carbocycles. The van der Waals surface area contributed by atoms with E-state index in [1.165, 1.54) is 5.69 Å². The number of aryl methyl sites for hydroxylation is 3. The molecule has 8 heteroatoms. The fourth-order valence-corrected chi connectivity index (χ4v) is 4.10. The van der Waals surface area contributed by atoms with Crippen molar-refractivity contribution in [2.24, 2.45) is 0 Å². The number of pyridine rings is 1. The van der Waals surface area contributed by atoms with Crippen LogP contribution in [0.5, 0.6) is 0 Å². The third-order valence-corrected chi connectivity index (χ3v) is 5.38. The number of benzene rings is 1. The van der Waals surface area contributed by atoms with Crippen LogP contribution in [0.1, 0.15) is 23.2 Å². The first-order valence-corrected chi connectivity index (χ1v) is 10.9. The van der Waals surface area contributed by atoms with Gasteiger partial charge < -0.3 is 5.32 Å². The van der Waals surface area contributed by atoms with Gasteiger partial charge in [-0.2, -0.15) is 5.10 Å². The number of rotatable bonds is 3. The molecule has 27 heavy (non-hydrogen) atoms. The van der Waals surface area contributed by atoms with Gasteiger partial charge in [-0.1, -0.05) is 0 Å². The second-order valence-corrected chi connectivity index (χ2v) is 8.91. The summed E-state index contributed by atoms with van der Waals surface area (Å²) in [6, 6.07) is 7.76. The average molecular weight is 385 g/mol. The number of aromatic nitrogens is 3. The maximum absolute atomic E-state index is 11.6. The quantitative estimate of drug-likeness (QED) is 0.723. The van der Waals surface area contributed by atoms with Crippen LogP contribution in [0.4, 0.5) is 5.69 Å². The van der Waals surface area contributed by atoms with Gasteiger partial charge in [0, 0.05) is 24.2 Å². The van der Waals surface area contributed by atoms with Crippen molar-refractivity contribution >= 4 is 26.6 Å². The molecule has 0 aliphatic carbocycles. The van der Waals surface area contributed by atoms with Gasteiger partial charge in [0.2, 0.25) is 10.0 Å². The Morgan fingerprint density at radius 2 is 1.93 bits per heavy atom. The molecule has 7 nitrogen and oxygen atoms in total. The topological polar surface area (TPSA) is 88.9 Å². The van der Waals surface area contributed by atoms with Crippen molar-refractivity contribution in [1.29, 1.82) is 0 Å². The van der Waals surface area contributed by atoms with E-state index in [0.717, 1.165) is 65.7 Å². The van der Waals surface area contributed by atoms with Crippen molar-refractivity contribution in [3.63, 3.8) is 0 Å². The van der Waals surface area contributed by atoms with Crippen molar-refractivity contribution in [3.8, 4) is 11.4 Å². The lowest BCUT2D eigenvalue weighted by Gasteiger charge is -2.11. The monoisotopic (exact) mass is 385 g/mol. The molecule has 2 N–H and O–H groups in total.